The van der Waals surface area contributed by atoms with Crippen LogP contribution in [0, 0.1) is 11.3 Å². The summed E-state index contributed by atoms with van der Waals surface area (Å²) in [6, 6.07) is 4.34. The summed E-state index contributed by atoms with van der Waals surface area (Å²) in [5, 5.41) is 11.6. The van der Waals surface area contributed by atoms with Gasteiger partial charge in [-0.15, -0.1) is 0 Å². The van der Waals surface area contributed by atoms with Crippen molar-refractivity contribution in [2.24, 2.45) is 0 Å². The molecule has 2 rings (SSSR count). The average Bonchev–Trinajstić information content (AvgIpc) is 3.11. The van der Waals surface area contributed by atoms with Crippen molar-refractivity contribution < 1.29 is 4.79 Å². The zero-order valence-corrected chi connectivity index (χ0v) is 11.9. The standard InChI is InChI=1S/C13H16BrN3O/c1-2-10(5-6-15)16-13(18)12-7-9(14)8-17(12)11-3-4-11/h7-8,10-11H,2-5H2,1H3,(H,16,18). The molecule has 1 atom stereocenters. The number of halogens is 1. The Bertz CT molecular complexity index is 485. The lowest BCUT2D eigenvalue weighted by atomic mass is 10.1. The summed E-state index contributed by atoms with van der Waals surface area (Å²) in [4.78, 5) is 12.2. The Morgan fingerprint density at radius 2 is 2.44 bits per heavy atom. The van der Waals surface area contributed by atoms with Crippen molar-refractivity contribution in [1.29, 1.82) is 5.26 Å². The van der Waals surface area contributed by atoms with E-state index in [4.69, 9.17) is 5.26 Å². The minimum absolute atomic E-state index is 0.0659. The third-order valence-electron chi connectivity index (χ3n) is 3.15. The van der Waals surface area contributed by atoms with Gasteiger partial charge in [0.1, 0.15) is 5.69 Å². The van der Waals surface area contributed by atoms with Gasteiger partial charge in [0.15, 0.2) is 0 Å². The zero-order chi connectivity index (χ0) is 13.1. The van der Waals surface area contributed by atoms with E-state index in [0.717, 1.165) is 23.7 Å². The van der Waals surface area contributed by atoms with Crippen LogP contribution in [0.15, 0.2) is 16.7 Å². The molecule has 1 aromatic heterocycles. The zero-order valence-electron chi connectivity index (χ0n) is 10.3. The molecule has 1 amide bonds. The number of aromatic nitrogens is 1. The molecule has 96 valence electrons. The Morgan fingerprint density at radius 1 is 1.72 bits per heavy atom. The van der Waals surface area contributed by atoms with Gasteiger partial charge in [0, 0.05) is 22.8 Å². The van der Waals surface area contributed by atoms with Crippen LogP contribution in [0.2, 0.25) is 0 Å². The lowest BCUT2D eigenvalue weighted by Crippen LogP contribution is -2.35. The van der Waals surface area contributed by atoms with Crippen LogP contribution in [-0.4, -0.2) is 16.5 Å². The topological polar surface area (TPSA) is 57.8 Å². The maximum absolute atomic E-state index is 12.2. The van der Waals surface area contributed by atoms with Gasteiger partial charge in [-0.25, -0.2) is 0 Å². The molecule has 0 aromatic carbocycles. The minimum Gasteiger partial charge on any atom is -0.347 e. The molecular formula is C13H16BrN3O. The van der Waals surface area contributed by atoms with Crippen molar-refractivity contribution in [3.8, 4) is 6.07 Å². The molecule has 1 unspecified atom stereocenters. The molecule has 1 heterocycles. The van der Waals surface area contributed by atoms with E-state index in [-0.39, 0.29) is 11.9 Å². The Hall–Kier alpha value is -1.28. The van der Waals surface area contributed by atoms with Gasteiger partial charge in [-0.1, -0.05) is 6.92 Å². The van der Waals surface area contributed by atoms with Gasteiger partial charge in [-0.3, -0.25) is 4.79 Å². The fourth-order valence-corrected chi connectivity index (χ4v) is 2.39. The second-order valence-electron chi connectivity index (χ2n) is 4.62. The summed E-state index contributed by atoms with van der Waals surface area (Å²) in [6.45, 7) is 1.97. The van der Waals surface area contributed by atoms with E-state index in [9.17, 15) is 4.79 Å². The lowest BCUT2D eigenvalue weighted by molar-refractivity contribution is 0.0927. The molecule has 0 saturated heterocycles. The summed E-state index contributed by atoms with van der Waals surface area (Å²) in [5.41, 5.74) is 0.681. The molecule has 1 fully saturated rings. The summed E-state index contributed by atoms with van der Waals surface area (Å²) in [5.74, 6) is -0.0882. The van der Waals surface area contributed by atoms with Crippen molar-refractivity contribution in [2.75, 3.05) is 0 Å². The van der Waals surface area contributed by atoms with E-state index in [1.807, 2.05) is 23.8 Å². The van der Waals surface area contributed by atoms with Gasteiger partial charge in [0.25, 0.3) is 5.91 Å². The van der Waals surface area contributed by atoms with Crippen LogP contribution in [0.4, 0.5) is 0 Å². The number of rotatable bonds is 5. The molecule has 0 bridgehead atoms. The predicted octanol–water partition coefficient (Wildman–Crippen LogP) is 3.01. The number of carbonyl (C=O) groups excluding carboxylic acids is 1. The molecule has 4 nitrogen and oxygen atoms in total. The Balaban J connectivity index is 2.10. The third kappa shape index (κ3) is 2.94. The fourth-order valence-electron chi connectivity index (χ4n) is 1.95. The highest BCUT2D eigenvalue weighted by atomic mass is 79.9. The monoisotopic (exact) mass is 309 g/mol. The Kier molecular flexibility index (Phi) is 4.07. The van der Waals surface area contributed by atoms with Crippen molar-refractivity contribution in [2.45, 2.75) is 44.7 Å². The predicted molar refractivity (Wildman–Crippen MR) is 72.2 cm³/mol. The van der Waals surface area contributed by atoms with Gasteiger partial charge in [-0.05, 0) is 41.3 Å². The first-order valence-electron chi connectivity index (χ1n) is 6.21. The molecule has 5 heteroatoms. The number of amides is 1. The summed E-state index contributed by atoms with van der Waals surface area (Å²) in [6.07, 6.45) is 5.35. The number of nitrogens with zero attached hydrogens (tertiary/aromatic N) is 2. The fraction of sp³-hybridized carbons (Fsp3) is 0.538. The highest BCUT2D eigenvalue weighted by Crippen LogP contribution is 2.37. The SMILES string of the molecule is CCC(CC#N)NC(=O)c1cc(Br)cn1C1CC1. The van der Waals surface area contributed by atoms with E-state index >= 15 is 0 Å². The molecule has 1 N–H and O–H groups in total. The van der Waals surface area contributed by atoms with E-state index in [1.54, 1.807) is 0 Å². The smallest absolute Gasteiger partial charge is 0.268 e. The van der Waals surface area contributed by atoms with Gasteiger partial charge in [0.05, 0.1) is 12.5 Å². The molecule has 0 aliphatic heterocycles. The number of hydrogen-bond acceptors (Lipinski definition) is 2. The first kappa shape index (κ1) is 13.2. The third-order valence-corrected chi connectivity index (χ3v) is 3.59. The largest absolute Gasteiger partial charge is 0.347 e. The van der Waals surface area contributed by atoms with Crippen LogP contribution in [0.25, 0.3) is 0 Å². The number of hydrogen-bond donors (Lipinski definition) is 1. The Labute approximate surface area is 115 Å². The lowest BCUT2D eigenvalue weighted by Gasteiger charge is -2.14. The summed E-state index contributed by atoms with van der Waals surface area (Å²) in [7, 11) is 0. The van der Waals surface area contributed by atoms with E-state index in [1.165, 1.54) is 0 Å². The molecule has 18 heavy (non-hydrogen) atoms. The van der Waals surface area contributed by atoms with Crippen LogP contribution < -0.4 is 5.32 Å². The quantitative estimate of drug-likeness (QED) is 0.909. The van der Waals surface area contributed by atoms with Crippen molar-refractivity contribution in [3.63, 3.8) is 0 Å². The maximum atomic E-state index is 12.2. The molecule has 1 saturated carbocycles. The molecule has 1 aliphatic rings. The second kappa shape index (κ2) is 5.57. The maximum Gasteiger partial charge on any atom is 0.268 e. The van der Waals surface area contributed by atoms with Crippen molar-refractivity contribution in [1.82, 2.24) is 9.88 Å². The number of nitriles is 1. The summed E-state index contributed by atoms with van der Waals surface area (Å²) < 4.78 is 2.95. The first-order chi connectivity index (χ1) is 8.65. The highest BCUT2D eigenvalue weighted by molar-refractivity contribution is 9.10. The van der Waals surface area contributed by atoms with E-state index < -0.39 is 0 Å². The van der Waals surface area contributed by atoms with E-state index in [0.29, 0.717) is 18.2 Å². The second-order valence-corrected chi connectivity index (χ2v) is 5.54. The van der Waals surface area contributed by atoms with Crippen molar-refractivity contribution >= 4 is 21.8 Å². The number of carbonyl (C=O) groups is 1. The van der Waals surface area contributed by atoms with Crippen LogP contribution in [-0.2, 0) is 0 Å². The molecular weight excluding hydrogens is 294 g/mol. The molecule has 0 radical (unpaired) electrons. The Morgan fingerprint density at radius 3 is 3.00 bits per heavy atom. The average molecular weight is 310 g/mol. The van der Waals surface area contributed by atoms with Crippen LogP contribution in [0.1, 0.15) is 49.1 Å². The van der Waals surface area contributed by atoms with Crippen LogP contribution in [0.3, 0.4) is 0 Å². The molecule has 0 spiro atoms. The molecule has 1 aromatic rings. The minimum atomic E-state index is -0.0882. The van der Waals surface area contributed by atoms with Crippen LogP contribution >= 0.6 is 15.9 Å². The van der Waals surface area contributed by atoms with Gasteiger partial charge in [0.2, 0.25) is 0 Å². The number of nitrogens with one attached hydrogen (secondary N) is 1. The van der Waals surface area contributed by atoms with Gasteiger partial charge >= 0.3 is 0 Å². The summed E-state index contributed by atoms with van der Waals surface area (Å²) >= 11 is 3.41. The van der Waals surface area contributed by atoms with Crippen LogP contribution in [0.5, 0.6) is 0 Å². The first-order valence-corrected chi connectivity index (χ1v) is 7.00. The van der Waals surface area contributed by atoms with Gasteiger partial charge < -0.3 is 9.88 Å². The molecule has 1 aliphatic carbocycles. The highest BCUT2D eigenvalue weighted by Gasteiger charge is 2.28. The van der Waals surface area contributed by atoms with Crippen molar-refractivity contribution in [3.05, 3.63) is 22.4 Å². The van der Waals surface area contributed by atoms with E-state index in [2.05, 4.69) is 27.3 Å². The van der Waals surface area contributed by atoms with Gasteiger partial charge in [-0.2, -0.15) is 5.26 Å². The normalized spacial score (nSPS) is 16.1.